The highest BCUT2D eigenvalue weighted by Crippen LogP contribution is 2.16. The second-order valence-electron chi connectivity index (χ2n) is 4.97. The van der Waals surface area contributed by atoms with E-state index in [2.05, 4.69) is 10.6 Å². The zero-order chi connectivity index (χ0) is 16.1. The molecule has 0 saturated carbocycles. The first-order chi connectivity index (χ1) is 10.5. The van der Waals surface area contributed by atoms with E-state index in [1.165, 1.54) is 13.0 Å². The lowest BCUT2D eigenvalue weighted by molar-refractivity contribution is -0.114. The van der Waals surface area contributed by atoms with E-state index >= 15 is 0 Å². The van der Waals surface area contributed by atoms with Gasteiger partial charge in [0.1, 0.15) is 5.82 Å². The van der Waals surface area contributed by atoms with E-state index in [1.807, 2.05) is 0 Å². The molecule has 4 nitrogen and oxygen atoms in total. The number of aryl methyl sites for hydroxylation is 1. The van der Waals surface area contributed by atoms with Gasteiger partial charge in [-0.25, -0.2) is 4.39 Å². The van der Waals surface area contributed by atoms with Crippen molar-refractivity contribution in [3.63, 3.8) is 0 Å². The molecule has 0 fully saturated rings. The second-order valence-corrected chi connectivity index (χ2v) is 4.97. The van der Waals surface area contributed by atoms with Crippen LogP contribution < -0.4 is 10.6 Å². The lowest BCUT2D eigenvalue weighted by atomic mass is 10.1. The molecule has 2 N–H and O–H groups in total. The quantitative estimate of drug-likeness (QED) is 0.832. The number of benzene rings is 2. The number of nitrogens with one attached hydrogen (secondary N) is 2. The van der Waals surface area contributed by atoms with Gasteiger partial charge in [-0.1, -0.05) is 18.2 Å². The predicted octanol–water partition coefficient (Wildman–Crippen LogP) is 3.39. The van der Waals surface area contributed by atoms with Crippen molar-refractivity contribution in [3.05, 3.63) is 59.4 Å². The summed E-state index contributed by atoms with van der Waals surface area (Å²) >= 11 is 0. The minimum Gasteiger partial charge on any atom is -0.376 e. The van der Waals surface area contributed by atoms with Crippen LogP contribution in [0.15, 0.2) is 42.5 Å². The van der Waals surface area contributed by atoms with Gasteiger partial charge in [-0.15, -0.1) is 0 Å². The standard InChI is InChI=1S/C17H17FN2O2/c1-11-7-8-13(9-15(11)18)20-17(22)10-19-16-6-4-3-5-14(16)12(2)21/h3-9,19H,10H2,1-2H3,(H,20,22). The van der Waals surface area contributed by atoms with Gasteiger partial charge < -0.3 is 10.6 Å². The Balaban J connectivity index is 1.98. The maximum atomic E-state index is 13.4. The predicted molar refractivity (Wildman–Crippen MR) is 84.7 cm³/mol. The Morgan fingerprint density at radius 1 is 1.14 bits per heavy atom. The number of carbonyl (C=O) groups excluding carboxylic acids is 2. The molecule has 22 heavy (non-hydrogen) atoms. The number of para-hydroxylation sites is 1. The van der Waals surface area contributed by atoms with Crippen LogP contribution in [0.25, 0.3) is 0 Å². The van der Waals surface area contributed by atoms with Gasteiger partial charge in [0, 0.05) is 16.9 Å². The Kier molecular flexibility index (Phi) is 4.88. The van der Waals surface area contributed by atoms with E-state index < -0.39 is 0 Å². The molecule has 0 aromatic heterocycles. The van der Waals surface area contributed by atoms with Crippen molar-refractivity contribution in [1.29, 1.82) is 0 Å². The fraction of sp³-hybridized carbons (Fsp3) is 0.176. The minimum atomic E-state index is -0.368. The number of rotatable bonds is 5. The van der Waals surface area contributed by atoms with Gasteiger partial charge in [-0.05, 0) is 43.7 Å². The van der Waals surface area contributed by atoms with Crippen LogP contribution in [-0.2, 0) is 4.79 Å². The highest BCUT2D eigenvalue weighted by molar-refractivity contribution is 6.00. The van der Waals surface area contributed by atoms with E-state index in [4.69, 9.17) is 0 Å². The van der Waals surface area contributed by atoms with E-state index in [9.17, 15) is 14.0 Å². The van der Waals surface area contributed by atoms with Crippen molar-refractivity contribution in [3.8, 4) is 0 Å². The third-order valence-corrected chi connectivity index (χ3v) is 3.20. The fourth-order valence-corrected chi connectivity index (χ4v) is 2.00. The monoisotopic (exact) mass is 300 g/mol. The molecule has 5 heteroatoms. The summed E-state index contributed by atoms with van der Waals surface area (Å²) in [6.07, 6.45) is 0. The third-order valence-electron chi connectivity index (χ3n) is 3.20. The molecule has 2 aromatic rings. The molecule has 0 radical (unpaired) electrons. The van der Waals surface area contributed by atoms with Gasteiger partial charge in [-0.2, -0.15) is 0 Å². The summed E-state index contributed by atoms with van der Waals surface area (Å²) < 4.78 is 13.4. The third kappa shape index (κ3) is 3.91. The molecule has 0 aliphatic heterocycles. The number of Topliss-reactive ketones (excluding diaryl/α,β-unsaturated/α-hetero) is 1. The van der Waals surface area contributed by atoms with E-state index in [0.29, 0.717) is 22.5 Å². The zero-order valence-corrected chi connectivity index (χ0v) is 12.4. The molecule has 0 heterocycles. The number of anilines is 2. The van der Waals surface area contributed by atoms with Crippen LogP contribution in [0.2, 0.25) is 0 Å². The first-order valence-corrected chi connectivity index (χ1v) is 6.87. The first kappa shape index (κ1) is 15.7. The van der Waals surface area contributed by atoms with Crippen molar-refractivity contribution in [2.24, 2.45) is 0 Å². The van der Waals surface area contributed by atoms with Crippen molar-refractivity contribution in [2.75, 3.05) is 17.2 Å². The van der Waals surface area contributed by atoms with Crippen LogP contribution in [0, 0.1) is 12.7 Å². The highest BCUT2D eigenvalue weighted by atomic mass is 19.1. The largest absolute Gasteiger partial charge is 0.376 e. The lowest BCUT2D eigenvalue weighted by Crippen LogP contribution is -2.22. The molecule has 0 atom stereocenters. The maximum Gasteiger partial charge on any atom is 0.243 e. The molecular formula is C17H17FN2O2. The number of ketones is 1. The normalized spacial score (nSPS) is 10.1. The SMILES string of the molecule is CC(=O)c1ccccc1NCC(=O)Nc1ccc(C)c(F)c1. The van der Waals surface area contributed by atoms with Crippen LogP contribution >= 0.6 is 0 Å². The van der Waals surface area contributed by atoms with Crippen molar-refractivity contribution < 1.29 is 14.0 Å². The first-order valence-electron chi connectivity index (χ1n) is 6.87. The molecule has 114 valence electrons. The summed E-state index contributed by atoms with van der Waals surface area (Å²) in [5.41, 5.74) is 2.04. The smallest absolute Gasteiger partial charge is 0.243 e. The summed E-state index contributed by atoms with van der Waals surface area (Å²) in [7, 11) is 0. The van der Waals surface area contributed by atoms with Crippen LogP contribution in [-0.4, -0.2) is 18.2 Å². The molecule has 0 saturated heterocycles. The van der Waals surface area contributed by atoms with Crippen LogP contribution in [0.3, 0.4) is 0 Å². The molecule has 0 spiro atoms. The van der Waals surface area contributed by atoms with Gasteiger partial charge in [-0.3, -0.25) is 9.59 Å². The minimum absolute atomic E-state index is 0.0141. The molecule has 1 amide bonds. The average molecular weight is 300 g/mol. The van der Waals surface area contributed by atoms with E-state index in [0.717, 1.165) is 0 Å². The van der Waals surface area contributed by atoms with Gasteiger partial charge in [0.2, 0.25) is 5.91 Å². The number of hydrogen-bond acceptors (Lipinski definition) is 3. The Morgan fingerprint density at radius 2 is 1.86 bits per heavy atom. The molecule has 0 aliphatic rings. The summed E-state index contributed by atoms with van der Waals surface area (Å²) in [5, 5.41) is 5.52. The van der Waals surface area contributed by atoms with Gasteiger partial charge in [0.15, 0.2) is 5.78 Å². The van der Waals surface area contributed by atoms with Crippen molar-refractivity contribution in [1.82, 2.24) is 0 Å². The number of halogens is 1. The molecule has 2 rings (SSSR count). The van der Waals surface area contributed by atoms with Crippen LogP contribution in [0.5, 0.6) is 0 Å². The molecule has 2 aromatic carbocycles. The Hall–Kier alpha value is -2.69. The Morgan fingerprint density at radius 3 is 2.55 bits per heavy atom. The van der Waals surface area contributed by atoms with Gasteiger partial charge >= 0.3 is 0 Å². The number of amides is 1. The average Bonchev–Trinajstić information content (AvgIpc) is 2.49. The number of carbonyl (C=O) groups is 2. The zero-order valence-electron chi connectivity index (χ0n) is 12.4. The van der Waals surface area contributed by atoms with Crippen LogP contribution in [0.4, 0.5) is 15.8 Å². The fourth-order valence-electron chi connectivity index (χ4n) is 2.00. The lowest BCUT2D eigenvalue weighted by Gasteiger charge is -2.11. The van der Waals surface area contributed by atoms with Crippen molar-refractivity contribution >= 4 is 23.1 Å². The molecular weight excluding hydrogens is 283 g/mol. The Labute approximate surface area is 128 Å². The molecule has 0 bridgehead atoms. The highest BCUT2D eigenvalue weighted by Gasteiger charge is 2.08. The maximum absolute atomic E-state index is 13.4. The van der Waals surface area contributed by atoms with Gasteiger partial charge in [0.05, 0.1) is 6.54 Å². The summed E-state index contributed by atoms with van der Waals surface area (Å²) in [4.78, 5) is 23.4. The van der Waals surface area contributed by atoms with Crippen molar-refractivity contribution in [2.45, 2.75) is 13.8 Å². The number of hydrogen-bond donors (Lipinski definition) is 2. The summed E-state index contributed by atoms with van der Waals surface area (Å²) in [6, 6.07) is 11.5. The Bertz CT molecular complexity index is 714. The van der Waals surface area contributed by atoms with E-state index in [-0.39, 0.29) is 24.1 Å². The topological polar surface area (TPSA) is 58.2 Å². The van der Waals surface area contributed by atoms with E-state index in [1.54, 1.807) is 43.3 Å². The summed E-state index contributed by atoms with van der Waals surface area (Å²) in [5.74, 6) is -0.765. The summed E-state index contributed by atoms with van der Waals surface area (Å²) in [6.45, 7) is 3.11. The molecule has 0 aliphatic carbocycles. The van der Waals surface area contributed by atoms with Crippen LogP contribution in [0.1, 0.15) is 22.8 Å². The second kappa shape index (κ2) is 6.85. The van der Waals surface area contributed by atoms with Gasteiger partial charge in [0.25, 0.3) is 0 Å². The molecule has 0 unspecified atom stereocenters.